The van der Waals surface area contributed by atoms with Crippen molar-refractivity contribution < 1.29 is 9.53 Å². The molecule has 0 radical (unpaired) electrons. The number of ether oxygens (including phenoxy) is 1. The van der Waals surface area contributed by atoms with Crippen LogP contribution >= 0.6 is 11.6 Å². The minimum absolute atomic E-state index is 0.0331. The average molecular weight is 309 g/mol. The van der Waals surface area contributed by atoms with Gasteiger partial charge in [-0.15, -0.1) is 0 Å². The molecule has 0 aliphatic carbocycles. The molecule has 2 atom stereocenters. The maximum absolute atomic E-state index is 12.6. The third-order valence-electron chi connectivity index (χ3n) is 3.98. The second-order valence-corrected chi connectivity index (χ2v) is 5.89. The Morgan fingerprint density at radius 3 is 2.41 bits per heavy atom. The number of hydrogen-bond donors (Lipinski definition) is 0. The Bertz CT molecular complexity index is 855. The summed E-state index contributed by atoms with van der Waals surface area (Å²) in [6, 6.07) is 21.2. The van der Waals surface area contributed by atoms with Gasteiger partial charge in [-0.1, -0.05) is 60.1 Å². The second-order valence-electron chi connectivity index (χ2n) is 5.46. The highest BCUT2D eigenvalue weighted by Gasteiger charge is 2.46. The molecule has 1 aliphatic rings. The lowest BCUT2D eigenvalue weighted by Crippen LogP contribution is -2.08. The van der Waals surface area contributed by atoms with Gasteiger partial charge in [-0.05, 0) is 34.5 Å². The number of carbonyl (C=O) groups excluding carboxylic acids is 1. The summed E-state index contributed by atoms with van der Waals surface area (Å²) >= 11 is 5.88. The van der Waals surface area contributed by atoms with Gasteiger partial charge >= 0.3 is 0 Å². The van der Waals surface area contributed by atoms with Crippen molar-refractivity contribution in [2.45, 2.75) is 12.2 Å². The number of Topliss-reactive ketones (excluding diaryl/α,β-unsaturated/α-hetero) is 1. The van der Waals surface area contributed by atoms with Crippen LogP contribution in [0.4, 0.5) is 0 Å². The van der Waals surface area contributed by atoms with Crippen LogP contribution in [0.25, 0.3) is 10.8 Å². The normalized spacial score (nSPS) is 20.0. The zero-order valence-corrected chi connectivity index (χ0v) is 12.5. The van der Waals surface area contributed by atoms with Gasteiger partial charge < -0.3 is 4.74 Å². The van der Waals surface area contributed by atoms with Crippen LogP contribution in [0.15, 0.2) is 66.7 Å². The van der Waals surface area contributed by atoms with E-state index in [4.69, 9.17) is 16.3 Å². The van der Waals surface area contributed by atoms with Crippen LogP contribution in [0.2, 0.25) is 5.02 Å². The molecule has 1 aliphatic heterocycles. The summed E-state index contributed by atoms with van der Waals surface area (Å²) in [7, 11) is 0. The molecule has 108 valence electrons. The van der Waals surface area contributed by atoms with Gasteiger partial charge in [0.25, 0.3) is 0 Å². The van der Waals surface area contributed by atoms with E-state index in [1.165, 1.54) is 0 Å². The topological polar surface area (TPSA) is 29.6 Å². The molecule has 0 saturated carbocycles. The van der Waals surface area contributed by atoms with E-state index >= 15 is 0 Å². The molecule has 2 nitrogen and oxygen atoms in total. The van der Waals surface area contributed by atoms with E-state index in [9.17, 15) is 4.79 Å². The number of rotatable bonds is 3. The quantitative estimate of drug-likeness (QED) is 0.513. The molecule has 1 saturated heterocycles. The predicted molar refractivity (Wildman–Crippen MR) is 87.3 cm³/mol. The number of hydrogen-bond acceptors (Lipinski definition) is 2. The fraction of sp³-hybridized carbons (Fsp3) is 0.105. The third kappa shape index (κ3) is 2.41. The summed E-state index contributed by atoms with van der Waals surface area (Å²) in [5.41, 5.74) is 1.68. The predicted octanol–water partition coefficient (Wildman–Crippen LogP) is 4.82. The van der Waals surface area contributed by atoms with Crippen molar-refractivity contribution in [3.05, 3.63) is 82.9 Å². The highest BCUT2D eigenvalue weighted by Crippen LogP contribution is 2.41. The molecule has 1 heterocycles. The van der Waals surface area contributed by atoms with E-state index in [1.54, 1.807) is 0 Å². The molecule has 0 spiro atoms. The first-order valence-corrected chi connectivity index (χ1v) is 7.54. The first-order chi connectivity index (χ1) is 10.7. The molecular weight excluding hydrogens is 296 g/mol. The molecule has 1 fully saturated rings. The van der Waals surface area contributed by atoms with Gasteiger partial charge in [0, 0.05) is 10.6 Å². The monoisotopic (exact) mass is 308 g/mol. The van der Waals surface area contributed by atoms with Crippen molar-refractivity contribution >= 4 is 28.2 Å². The van der Waals surface area contributed by atoms with Crippen molar-refractivity contribution in [1.82, 2.24) is 0 Å². The molecule has 0 aromatic heterocycles. The minimum atomic E-state index is -0.387. The van der Waals surface area contributed by atoms with Crippen LogP contribution in [-0.2, 0) is 4.74 Å². The van der Waals surface area contributed by atoms with Gasteiger partial charge in [-0.3, -0.25) is 4.79 Å². The van der Waals surface area contributed by atoms with E-state index in [0.29, 0.717) is 10.6 Å². The van der Waals surface area contributed by atoms with Gasteiger partial charge in [-0.25, -0.2) is 0 Å². The third-order valence-corrected chi connectivity index (χ3v) is 4.23. The fourth-order valence-corrected chi connectivity index (χ4v) is 2.85. The summed E-state index contributed by atoms with van der Waals surface area (Å²) in [4.78, 5) is 12.6. The van der Waals surface area contributed by atoms with E-state index in [0.717, 1.165) is 16.3 Å². The van der Waals surface area contributed by atoms with Crippen LogP contribution in [0.3, 0.4) is 0 Å². The number of halogens is 1. The highest BCUT2D eigenvalue weighted by molar-refractivity contribution is 6.30. The molecule has 3 aromatic carbocycles. The molecule has 3 aromatic rings. The fourth-order valence-electron chi connectivity index (χ4n) is 2.72. The minimum Gasteiger partial charge on any atom is -0.356 e. The summed E-state index contributed by atoms with van der Waals surface area (Å²) in [5.74, 6) is 0.0331. The SMILES string of the molecule is O=C(c1ccc2ccccc2c1)[C@@H]1O[C@H]1c1ccc(Cl)cc1. The number of carbonyl (C=O) groups is 1. The smallest absolute Gasteiger partial charge is 0.194 e. The maximum Gasteiger partial charge on any atom is 0.194 e. The van der Waals surface area contributed by atoms with Crippen molar-refractivity contribution in [2.24, 2.45) is 0 Å². The Labute approximate surface area is 133 Å². The summed E-state index contributed by atoms with van der Waals surface area (Å²) in [6.07, 6.45) is -0.543. The van der Waals surface area contributed by atoms with Crippen LogP contribution in [0, 0.1) is 0 Å². The van der Waals surface area contributed by atoms with Gasteiger partial charge in [0.2, 0.25) is 0 Å². The Hall–Kier alpha value is -2.16. The van der Waals surface area contributed by atoms with Crippen LogP contribution in [-0.4, -0.2) is 11.9 Å². The first kappa shape index (κ1) is 13.5. The van der Waals surface area contributed by atoms with Gasteiger partial charge in [-0.2, -0.15) is 0 Å². The van der Waals surface area contributed by atoms with Crippen LogP contribution in [0.1, 0.15) is 22.0 Å². The number of benzene rings is 3. The van der Waals surface area contributed by atoms with Crippen LogP contribution in [0.5, 0.6) is 0 Å². The van der Waals surface area contributed by atoms with Crippen LogP contribution < -0.4 is 0 Å². The van der Waals surface area contributed by atoms with Crippen molar-refractivity contribution in [1.29, 1.82) is 0 Å². The largest absolute Gasteiger partial charge is 0.356 e. The second kappa shape index (κ2) is 5.24. The van der Waals surface area contributed by atoms with Crippen molar-refractivity contribution in [3.8, 4) is 0 Å². The molecule has 0 N–H and O–H groups in total. The molecular formula is C19H13ClO2. The zero-order valence-electron chi connectivity index (χ0n) is 11.7. The Balaban J connectivity index is 1.58. The van der Waals surface area contributed by atoms with Crippen molar-refractivity contribution in [2.75, 3.05) is 0 Å². The average Bonchev–Trinajstić information content (AvgIpc) is 3.35. The molecule has 0 bridgehead atoms. The molecule has 4 rings (SSSR count). The lowest BCUT2D eigenvalue weighted by molar-refractivity contribution is 0.0954. The standard InChI is InChI=1S/C19H13ClO2/c20-16-9-7-13(8-10-16)18-19(22-18)17(21)15-6-5-12-3-1-2-4-14(12)11-15/h1-11,18-19H/t18-,19-/m0/s1. The number of fused-ring (bicyclic) bond motifs is 1. The van der Waals surface area contributed by atoms with E-state index < -0.39 is 0 Å². The van der Waals surface area contributed by atoms with Gasteiger partial charge in [0.15, 0.2) is 11.9 Å². The lowest BCUT2D eigenvalue weighted by Gasteiger charge is -2.01. The van der Waals surface area contributed by atoms with Gasteiger partial charge in [0.1, 0.15) is 6.10 Å². The van der Waals surface area contributed by atoms with E-state index in [2.05, 4.69) is 0 Å². The number of ketones is 1. The van der Waals surface area contributed by atoms with Gasteiger partial charge in [0.05, 0.1) is 0 Å². The lowest BCUT2D eigenvalue weighted by atomic mass is 10.00. The maximum atomic E-state index is 12.6. The summed E-state index contributed by atoms with van der Waals surface area (Å²) in [5, 5.41) is 2.88. The highest BCUT2D eigenvalue weighted by atomic mass is 35.5. The summed E-state index contributed by atoms with van der Waals surface area (Å²) < 4.78 is 5.58. The first-order valence-electron chi connectivity index (χ1n) is 7.16. The number of epoxide rings is 1. The molecule has 3 heteroatoms. The molecule has 22 heavy (non-hydrogen) atoms. The summed E-state index contributed by atoms with van der Waals surface area (Å²) in [6.45, 7) is 0. The van der Waals surface area contributed by atoms with Crippen molar-refractivity contribution in [3.63, 3.8) is 0 Å². The Morgan fingerprint density at radius 2 is 1.64 bits per heavy atom. The molecule has 0 amide bonds. The molecule has 0 unspecified atom stereocenters. The van der Waals surface area contributed by atoms with E-state index in [-0.39, 0.29) is 18.0 Å². The zero-order chi connectivity index (χ0) is 15.1. The Kier molecular flexibility index (Phi) is 3.21. The van der Waals surface area contributed by atoms with E-state index in [1.807, 2.05) is 66.7 Å². The Morgan fingerprint density at radius 1 is 0.909 bits per heavy atom.